The number of carbonyl (C=O) groups excluding carboxylic acids is 1. The van der Waals surface area contributed by atoms with Gasteiger partial charge in [-0.25, -0.2) is 8.42 Å². The van der Waals surface area contributed by atoms with Crippen molar-refractivity contribution in [3.05, 3.63) is 85.3 Å². The number of pyridine rings is 1. The van der Waals surface area contributed by atoms with E-state index in [-0.39, 0.29) is 11.8 Å². The summed E-state index contributed by atoms with van der Waals surface area (Å²) in [4.78, 5) is 20.2. The average molecular weight is 684 g/mol. The van der Waals surface area contributed by atoms with Crippen LogP contribution in [0.25, 0.3) is 0 Å². The van der Waals surface area contributed by atoms with Crippen molar-refractivity contribution in [2.75, 3.05) is 19.3 Å². The molecule has 3 heterocycles. The smallest absolute Gasteiger partial charge is 0.235 e. The molecule has 0 saturated carbocycles. The summed E-state index contributed by atoms with van der Waals surface area (Å²) in [6, 6.07) is 6.25. The van der Waals surface area contributed by atoms with Crippen LogP contribution in [-0.4, -0.2) is 47.9 Å². The molecule has 1 fully saturated rings. The minimum atomic E-state index is -3.35. The Labute approximate surface area is 246 Å². The van der Waals surface area contributed by atoms with E-state index in [0.29, 0.717) is 25.4 Å². The molecule has 0 bridgehead atoms. The van der Waals surface area contributed by atoms with Crippen LogP contribution in [0.5, 0.6) is 0 Å². The van der Waals surface area contributed by atoms with Gasteiger partial charge in [0.15, 0.2) is 0 Å². The number of carbonyl (C=O) groups is 1. The van der Waals surface area contributed by atoms with E-state index in [1.54, 1.807) is 12.2 Å². The standard InChI is InChI=1S/C28H30Br2ClN3O3S/c1-28(7-11-34(12-8-28)38(2,36)37)16-24(35)33-9-5-18(6-10-33)26-25-19(14-22(31)15-23(25)30)3-4-20-13-21(29)17-32-27(20)26/h7-8,11-15,17-18,26H,3-6,9-10,16H2,1-2H3/t26-/m1/s1. The number of rotatable bonds is 4. The van der Waals surface area contributed by atoms with Gasteiger partial charge in [-0.1, -0.05) is 46.6 Å². The Balaban J connectivity index is 1.34. The van der Waals surface area contributed by atoms with Crippen molar-refractivity contribution in [1.82, 2.24) is 14.2 Å². The highest BCUT2D eigenvalue weighted by Gasteiger charge is 2.37. The normalized spacial score (nSPS) is 21.1. The van der Waals surface area contributed by atoms with Crippen molar-refractivity contribution in [2.45, 2.75) is 44.9 Å². The van der Waals surface area contributed by atoms with E-state index in [2.05, 4.69) is 44.0 Å². The van der Waals surface area contributed by atoms with Crippen molar-refractivity contribution in [3.8, 4) is 0 Å². The minimum absolute atomic E-state index is 0.0877. The Hall–Kier alpha value is -1.68. The second-order valence-electron chi connectivity index (χ2n) is 10.8. The molecule has 6 nitrogen and oxygen atoms in total. The van der Waals surface area contributed by atoms with Gasteiger partial charge in [0.25, 0.3) is 0 Å². The predicted octanol–water partition coefficient (Wildman–Crippen LogP) is 6.43. The molecular formula is C28H30Br2ClN3O3S. The Morgan fingerprint density at radius 2 is 1.76 bits per heavy atom. The SMILES string of the molecule is CC1(CC(=O)N2CCC([C@H]3c4ncc(Br)cc4CCc4cc(Cl)cc(Br)c43)CC2)C=CN(S(C)(=O)=O)C=C1. The fourth-order valence-electron chi connectivity index (χ4n) is 5.88. The van der Waals surface area contributed by atoms with Crippen molar-refractivity contribution < 1.29 is 13.2 Å². The molecule has 1 saturated heterocycles. The molecule has 202 valence electrons. The highest BCUT2D eigenvalue weighted by molar-refractivity contribution is 9.10. The predicted molar refractivity (Wildman–Crippen MR) is 157 cm³/mol. The van der Waals surface area contributed by atoms with Crippen molar-refractivity contribution >= 4 is 59.4 Å². The quantitative estimate of drug-likeness (QED) is 0.373. The van der Waals surface area contributed by atoms with E-state index in [1.807, 2.05) is 24.1 Å². The minimum Gasteiger partial charge on any atom is -0.343 e. The second-order valence-corrected chi connectivity index (χ2v) is 14.9. The second kappa shape index (κ2) is 10.7. The summed E-state index contributed by atoms with van der Waals surface area (Å²) in [6.07, 6.45) is 13.6. The van der Waals surface area contributed by atoms with Gasteiger partial charge in [0.2, 0.25) is 15.9 Å². The molecule has 10 heteroatoms. The molecule has 5 rings (SSSR count). The molecule has 0 spiro atoms. The van der Waals surface area contributed by atoms with Gasteiger partial charge in [-0.2, -0.15) is 0 Å². The van der Waals surface area contributed by atoms with Crippen LogP contribution in [0.2, 0.25) is 5.02 Å². The number of likely N-dealkylation sites (tertiary alicyclic amines) is 1. The van der Waals surface area contributed by atoms with E-state index < -0.39 is 15.4 Å². The summed E-state index contributed by atoms with van der Waals surface area (Å²) in [7, 11) is -3.35. The lowest BCUT2D eigenvalue weighted by Gasteiger charge is -2.38. The Bertz CT molecular complexity index is 1420. The first-order valence-electron chi connectivity index (χ1n) is 12.7. The summed E-state index contributed by atoms with van der Waals surface area (Å²) in [6.45, 7) is 3.33. The molecule has 1 aromatic heterocycles. The summed E-state index contributed by atoms with van der Waals surface area (Å²) in [5.41, 5.74) is 4.40. The van der Waals surface area contributed by atoms with Crippen molar-refractivity contribution in [3.63, 3.8) is 0 Å². The molecule has 2 aromatic rings. The maximum atomic E-state index is 13.3. The number of fused-ring (bicyclic) bond motifs is 2. The molecule has 1 amide bonds. The first-order chi connectivity index (χ1) is 17.9. The number of hydrogen-bond donors (Lipinski definition) is 0. The lowest BCUT2D eigenvalue weighted by atomic mass is 9.76. The summed E-state index contributed by atoms with van der Waals surface area (Å²) in [5.74, 6) is 0.558. The number of allylic oxidation sites excluding steroid dienone is 2. The van der Waals surface area contributed by atoms with E-state index >= 15 is 0 Å². The largest absolute Gasteiger partial charge is 0.343 e. The molecule has 0 N–H and O–H groups in total. The number of amides is 1. The number of aromatic nitrogens is 1. The number of sulfonamides is 1. The molecule has 1 aliphatic carbocycles. The third-order valence-corrected chi connectivity index (χ3v) is 10.2. The Morgan fingerprint density at radius 1 is 1.11 bits per heavy atom. The first-order valence-corrected chi connectivity index (χ1v) is 16.5. The van der Waals surface area contributed by atoms with Crippen LogP contribution in [0, 0.1) is 11.3 Å². The summed E-state index contributed by atoms with van der Waals surface area (Å²) < 4.78 is 26.8. The van der Waals surface area contributed by atoms with Gasteiger partial charge >= 0.3 is 0 Å². The molecule has 0 unspecified atom stereocenters. The fourth-order valence-corrected chi connectivity index (χ4v) is 7.94. The summed E-state index contributed by atoms with van der Waals surface area (Å²) in [5, 5.41) is 0.730. The van der Waals surface area contributed by atoms with E-state index in [9.17, 15) is 13.2 Å². The van der Waals surface area contributed by atoms with Gasteiger partial charge in [-0.15, -0.1) is 0 Å². The monoisotopic (exact) mass is 681 g/mol. The molecule has 0 radical (unpaired) electrons. The van der Waals surface area contributed by atoms with Crippen LogP contribution in [0.3, 0.4) is 0 Å². The molecule has 1 atom stereocenters. The van der Waals surface area contributed by atoms with Gasteiger partial charge in [-0.05, 0) is 82.4 Å². The number of benzene rings is 1. The average Bonchev–Trinajstić information content (AvgIpc) is 3.00. The maximum Gasteiger partial charge on any atom is 0.235 e. The van der Waals surface area contributed by atoms with Crippen molar-refractivity contribution in [2.24, 2.45) is 11.3 Å². The van der Waals surface area contributed by atoms with E-state index in [0.717, 1.165) is 51.6 Å². The van der Waals surface area contributed by atoms with Gasteiger partial charge in [0.1, 0.15) is 0 Å². The van der Waals surface area contributed by atoms with Crippen LogP contribution in [0.1, 0.15) is 54.5 Å². The van der Waals surface area contributed by atoms with E-state index in [4.69, 9.17) is 16.6 Å². The fraction of sp³-hybridized carbons (Fsp3) is 0.429. The number of piperidine rings is 1. The molecule has 3 aliphatic rings. The van der Waals surface area contributed by atoms with Crippen LogP contribution < -0.4 is 0 Å². The number of hydrogen-bond acceptors (Lipinski definition) is 4. The third kappa shape index (κ3) is 5.76. The lowest BCUT2D eigenvalue weighted by Crippen LogP contribution is -2.41. The first kappa shape index (κ1) is 27.9. The molecule has 38 heavy (non-hydrogen) atoms. The summed E-state index contributed by atoms with van der Waals surface area (Å²) >= 11 is 13.9. The van der Waals surface area contributed by atoms with Crippen LogP contribution in [0.4, 0.5) is 0 Å². The maximum absolute atomic E-state index is 13.3. The number of aryl methyl sites for hydroxylation is 2. The van der Waals surface area contributed by atoms with Crippen LogP contribution in [0.15, 0.2) is 57.9 Å². The Morgan fingerprint density at radius 3 is 2.42 bits per heavy atom. The highest BCUT2D eigenvalue weighted by Crippen LogP contribution is 2.46. The lowest BCUT2D eigenvalue weighted by molar-refractivity contribution is -0.133. The molecule has 1 aromatic carbocycles. The molecule has 2 aliphatic heterocycles. The topological polar surface area (TPSA) is 70.6 Å². The highest BCUT2D eigenvalue weighted by atomic mass is 79.9. The van der Waals surface area contributed by atoms with E-state index in [1.165, 1.54) is 33.4 Å². The van der Waals surface area contributed by atoms with Gasteiger partial charge < -0.3 is 4.90 Å². The Kier molecular flexibility index (Phi) is 7.86. The van der Waals surface area contributed by atoms with Gasteiger partial charge in [0.05, 0.1) is 11.9 Å². The van der Waals surface area contributed by atoms with Crippen LogP contribution >= 0.6 is 43.5 Å². The zero-order valence-electron chi connectivity index (χ0n) is 21.3. The van der Waals surface area contributed by atoms with Crippen LogP contribution in [-0.2, 0) is 27.7 Å². The van der Waals surface area contributed by atoms with Crippen molar-refractivity contribution in [1.29, 1.82) is 0 Å². The molecular weight excluding hydrogens is 654 g/mol. The zero-order chi connectivity index (χ0) is 27.2. The zero-order valence-corrected chi connectivity index (χ0v) is 26.1. The van der Waals surface area contributed by atoms with Gasteiger partial charge in [0, 0.05) is 63.4 Å². The van der Waals surface area contributed by atoms with Gasteiger partial charge in [-0.3, -0.25) is 14.1 Å². The third-order valence-electron chi connectivity index (χ3n) is 7.90. The number of halogens is 3. The number of nitrogens with zero attached hydrogens (tertiary/aromatic N) is 3.